The summed E-state index contributed by atoms with van der Waals surface area (Å²) < 4.78 is 28.3. The van der Waals surface area contributed by atoms with Crippen molar-refractivity contribution in [3.05, 3.63) is 65.7 Å². The summed E-state index contributed by atoms with van der Waals surface area (Å²) in [6.07, 6.45) is 1.78. The Bertz CT molecular complexity index is 1060. The molecule has 34 heavy (non-hydrogen) atoms. The SMILES string of the molecule is CCCCNC(=O)[C@H](C)N(Cc1cccc(C)c1)C(=O)CN(c1ccccc1)S(=O)(=O)N(C)C. The Kier molecular flexibility index (Phi) is 10.1. The lowest BCUT2D eigenvalue weighted by Crippen LogP contribution is -2.52. The molecule has 0 radical (unpaired) electrons. The monoisotopic (exact) mass is 488 g/mol. The molecule has 0 saturated heterocycles. The third-order valence-corrected chi connectivity index (χ3v) is 7.32. The first kappa shape index (κ1) is 27.3. The number of hydrogen-bond acceptors (Lipinski definition) is 4. The largest absolute Gasteiger partial charge is 0.354 e. The zero-order valence-electron chi connectivity index (χ0n) is 20.7. The lowest BCUT2D eigenvalue weighted by atomic mass is 10.1. The van der Waals surface area contributed by atoms with Crippen LogP contribution in [0.5, 0.6) is 0 Å². The minimum atomic E-state index is -3.95. The molecule has 2 aromatic carbocycles. The number of aryl methyl sites for hydroxylation is 1. The summed E-state index contributed by atoms with van der Waals surface area (Å²) >= 11 is 0. The minimum Gasteiger partial charge on any atom is -0.354 e. The zero-order valence-corrected chi connectivity index (χ0v) is 21.5. The van der Waals surface area contributed by atoms with E-state index in [0.717, 1.165) is 32.6 Å². The van der Waals surface area contributed by atoms with E-state index in [9.17, 15) is 18.0 Å². The van der Waals surface area contributed by atoms with Crippen molar-refractivity contribution in [2.24, 2.45) is 0 Å². The number of nitrogens with zero attached hydrogens (tertiary/aromatic N) is 3. The maximum Gasteiger partial charge on any atom is 0.304 e. The molecule has 0 aliphatic heterocycles. The van der Waals surface area contributed by atoms with Gasteiger partial charge in [-0.15, -0.1) is 0 Å². The second-order valence-electron chi connectivity index (χ2n) is 8.46. The van der Waals surface area contributed by atoms with Crippen molar-refractivity contribution in [2.45, 2.75) is 46.2 Å². The molecule has 0 unspecified atom stereocenters. The molecule has 8 nitrogen and oxygen atoms in total. The fourth-order valence-corrected chi connectivity index (χ4v) is 4.49. The average Bonchev–Trinajstić information content (AvgIpc) is 2.80. The molecule has 1 N–H and O–H groups in total. The van der Waals surface area contributed by atoms with E-state index in [1.807, 2.05) is 38.1 Å². The van der Waals surface area contributed by atoms with Gasteiger partial charge in [0.2, 0.25) is 11.8 Å². The van der Waals surface area contributed by atoms with Crippen LogP contribution in [-0.2, 0) is 26.3 Å². The van der Waals surface area contributed by atoms with Crippen LogP contribution in [0.25, 0.3) is 0 Å². The van der Waals surface area contributed by atoms with Gasteiger partial charge in [-0.05, 0) is 38.0 Å². The second-order valence-corrected chi connectivity index (χ2v) is 10.5. The van der Waals surface area contributed by atoms with E-state index in [-0.39, 0.29) is 12.5 Å². The van der Waals surface area contributed by atoms with Crippen LogP contribution in [0.4, 0.5) is 5.69 Å². The topological polar surface area (TPSA) is 90.0 Å². The summed E-state index contributed by atoms with van der Waals surface area (Å²) in [5.74, 6) is -0.731. The zero-order chi connectivity index (χ0) is 25.3. The Morgan fingerprint density at radius 2 is 1.71 bits per heavy atom. The van der Waals surface area contributed by atoms with Gasteiger partial charge >= 0.3 is 10.2 Å². The van der Waals surface area contributed by atoms with Gasteiger partial charge in [-0.2, -0.15) is 12.7 Å². The quantitative estimate of drug-likeness (QED) is 0.465. The average molecular weight is 489 g/mol. The van der Waals surface area contributed by atoms with Crippen molar-refractivity contribution < 1.29 is 18.0 Å². The number of benzene rings is 2. The van der Waals surface area contributed by atoms with Crippen LogP contribution in [0.3, 0.4) is 0 Å². The van der Waals surface area contributed by atoms with Crippen LogP contribution in [-0.4, -0.2) is 62.7 Å². The van der Waals surface area contributed by atoms with Crippen molar-refractivity contribution in [1.29, 1.82) is 0 Å². The summed E-state index contributed by atoms with van der Waals surface area (Å²) in [7, 11) is -1.10. The van der Waals surface area contributed by atoms with Crippen LogP contribution in [0, 0.1) is 6.92 Å². The van der Waals surface area contributed by atoms with Crippen molar-refractivity contribution >= 4 is 27.7 Å². The Morgan fingerprint density at radius 3 is 2.29 bits per heavy atom. The molecule has 1 atom stereocenters. The van der Waals surface area contributed by atoms with Gasteiger partial charge in [0.05, 0.1) is 5.69 Å². The fourth-order valence-electron chi connectivity index (χ4n) is 3.44. The summed E-state index contributed by atoms with van der Waals surface area (Å²) in [4.78, 5) is 27.9. The number of rotatable bonds is 12. The molecular weight excluding hydrogens is 452 g/mol. The minimum absolute atomic E-state index is 0.188. The highest BCUT2D eigenvalue weighted by Gasteiger charge is 2.32. The van der Waals surface area contributed by atoms with Gasteiger partial charge in [-0.1, -0.05) is 61.4 Å². The molecule has 186 valence electrons. The van der Waals surface area contributed by atoms with E-state index >= 15 is 0 Å². The molecule has 2 rings (SSSR count). The fraction of sp³-hybridized carbons (Fsp3) is 0.440. The predicted molar refractivity (Wildman–Crippen MR) is 136 cm³/mol. The highest BCUT2D eigenvalue weighted by atomic mass is 32.2. The number of carbonyl (C=O) groups is 2. The normalized spacial score (nSPS) is 12.3. The Hall–Kier alpha value is -2.91. The molecule has 0 fully saturated rings. The molecule has 0 bridgehead atoms. The molecule has 0 saturated carbocycles. The third-order valence-electron chi connectivity index (χ3n) is 5.50. The van der Waals surface area contributed by atoms with Crippen molar-refractivity contribution in [1.82, 2.24) is 14.5 Å². The molecule has 0 heterocycles. The Labute approximate surface area is 203 Å². The molecule has 0 aliphatic rings. The Balaban J connectivity index is 2.38. The lowest BCUT2D eigenvalue weighted by molar-refractivity contribution is -0.139. The first-order valence-corrected chi connectivity index (χ1v) is 12.9. The number of hydrogen-bond donors (Lipinski definition) is 1. The lowest BCUT2D eigenvalue weighted by Gasteiger charge is -2.32. The first-order valence-electron chi connectivity index (χ1n) is 11.5. The molecule has 0 spiro atoms. The highest BCUT2D eigenvalue weighted by molar-refractivity contribution is 7.90. The van der Waals surface area contributed by atoms with E-state index in [1.54, 1.807) is 37.3 Å². The molecule has 0 aliphatic carbocycles. The maximum absolute atomic E-state index is 13.6. The van der Waals surface area contributed by atoms with Crippen LogP contribution in [0.1, 0.15) is 37.8 Å². The maximum atomic E-state index is 13.6. The van der Waals surface area contributed by atoms with Gasteiger partial charge in [0, 0.05) is 27.2 Å². The van der Waals surface area contributed by atoms with E-state index in [2.05, 4.69) is 5.32 Å². The van der Waals surface area contributed by atoms with Crippen LogP contribution in [0.15, 0.2) is 54.6 Å². The van der Waals surface area contributed by atoms with Crippen LogP contribution >= 0.6 is 0 Å². The smallest absolute Gasteiger partial charge is 0.304 e. The summed E-state index contributed by atoms with van der Waals surface area (Å²) in [5, 5.41) is 2.88. The molecule has 0 aromatic heterocycles. The van der Waals surface area contributed by atoms with E-state index < -0.39 is 28.7 Å². The molecule has 9 heteroatoms. The van der Waals surface area contributed by atoms with Crippen molar-refractivity contribution in [3.63, 3.8) is 0 Å². The number of anilines is 1. The van der Waals surface area contributed by atoms with E-state index in [1.165, 1.54) is 19.0 Å². The standard InChI is InChI=1S/C25H36N4O4S/c1-6-7-16-26-25(31)21(3)28(18-22-13-11-12-20(2)17-22)24(30)19-29(34(32,33)27(4)5)23-14-9-8-10-15-23/h8-15,17,21H,6-7,16,18-19H2,1-5H3,(H,26,31)/t21-/m0/s1. The van der Waals surface area contributed by atoms with Crippen LogP contribution < -0.4 is 9.62 Å². The number of unbranched alkanes of at least 4 members (excludes halogenated alkanes) is 1. The number of carbonyl (C=O) groups excluding carboxylic acids is 2. The highest BCUT2D eigenvalue weighted by Crippen LogP contribution is 2.20. The van der Waals surface area contributed by atoms with Gasteiger partial charge in [-0.3, -0.25) is 9.59 Å². The van der Waals surface area contributed by atoms with Crippen molar-refractivity contribution in [3.8, 4) is 0 Å². The van der Waals surface area contributed by atoms with Gasteiger partial charge in [0.1, 0.15) is 12.6 Å². The number of amides is 2. The second kappa shape index (κ2) is 12.5. The van der Waals surface area contributed by atoms with E-state index in [0.29, 0.717) is 12.2 Å². The molecule has 2 aromatic rings. The Morgan fingerprint density at radius 1 is 1.03 bits per heavy atom. The van der Waals surface area contributed by atoms with Crippen LogP contribution in [0.2, 0.25) is 0 Å². The molecule has 2 amide bonds. The first-order chi connectivity index (χ1) is 16.1. The predicted octanol–water partition coefficient (Wildman–Crippen LogP) is 2.94. The summed E-state index contributed by atoms with van der Waals surface area (Å²) in [6, 6.07) is 15.4. The third kappa shape index (κ3) is 7.30. The van der Waals surface area contributed by atoms with E-state index in [4.69, 9.17) is 0 Å². The summed E-state index contributed by atoms with van der Waals surface area (Å²) in [5.41, 5.74) is 2.27. The van der Waals surface area contributed by atoms with Gasteiger partial charge in [-0.25, -0.2) is 4.31 Å². The van der Waals surface area contributed by atoms with Gasteiger partial charge in [0.15, 0.2) is 0 Å². The number of nitrogens with one attached hydrogen (secondary N) is 1. The van der Waals surface area contributed by atoms with Crippen molar-refractivity contribution in [2.75, 3.05) is 31.5 Å². The van der Waals surface area contributed by atoms with Gasteiger partial charge < -0.3 is 10.2 Å². The van der Waals surface area contributed by atoms with Gasteiger partial charge in [0.25, 0.3) is 0 Å². The molecular formula is C25H36N4O4S. The summed E-state index contributed by atoms with van der Waals surface area (Å²) in [6.45, 7) is 5.94. The number of para-hydroxylation sites is 1.